The van der Waals surface area contributed by atoms with E-state index >= 15 is 0 Å². The number of nitrogens with one attached hydrogen (secondary N) is 2. The molecule has 0 unspecified atom stereocenters. The van der Waals surface area contributed by atoms with Gasteiger partial charge < -0.3 is 10.1 Å². The first-order chi connectivity index (χ1) is 9.35. The second kappa shape index (κ2) is 6.65. The number of amides is 3. The number of ether oxygens (including phenoxy) is 1. The minimum absolute atomic E-state index is 0.00677. The van der Waals surface area contributed by atoms with E-state index < -0.39 is 29.8 Å². The second-order valence-corrected chi connectivity index (χ2v) is 4.08. The van der Waals surface area contributed by atoms with Crippen LogP contribution in [0.5, 0.6) is 0 Å². The first-order valence-corrected chi connectivity index (χ1v) is 5.85. The smallest absolute Gasteiger partial charge is 0.339 e. The lowest BCUT2D eigenvalue weighted by Crippen LogP contribution is -2.43. The summed E-state index contributed by atoms with van der Waals surface area (Å²) in [5, 5.41) is 4.15. The van der Waals surface area contributed by atoms with Crippen molar-refractivity contribution in [3.63, 3.8) is 0 Å². The van der Waals surface area contributed by atoms with Crippen molar-refractivity contribution in [1.29, 1.82) is 0 Å². The van der Waals surface area contributed by atoms with Gasteiger partial charge in [-0.1, -0.05) is 6.07 Å². The lowest BCUT2D eigenvalue weighted by molar-refractivity contribution is -0.127. The Labute approximate surface area is 115 Å². The number of hydrogen-bond donors (Lipinski definition) is 2. The third-order valence-corrected chi connectivity index (χ3v) is 2.52. The molecule has 3 amide bonds. The summed E-state index contributed by atoms with van der Waals surface area (Å²) in [7, 11) is 1.34. The highest BCUT2D eigenvalue weighted by molar-refractivity contribution is 5.98. The fourth-order valence-electron chi connectivity index (χ4n) is 1.28. The Hall–Kier alpha value is -2.44. The van der Waals surface area contributed by atoms with Gasteiger partial charge in [0, 0.05) is 7.05 Å². The monoisotopic (exact) mass is 282 g/mol. The highest BCUT2D eigenvalue weighted by atomic mass is 19.1. The van der Waals surface area contributed by atoms with E-state index in [4.69, 9.17) is 4.74 Å². The number of carbonyl (C=O) groups excluding carboxylic acids is 3. The average Bonchev–Trinajstić information content (AvgIpc) is 2.41. The van der Waals surface area contributed by atoms with Gasteiger partial charge in [-0.05, 0) is 31.5 Å². The standard InChI is InChI=1S/C13H15FN2O4/c1-7-4-5-9(6-10(7)14)12(18)20-8(2)11(17)16-13(19)15-3/h4-6,8H,1-3H3,(H2,15,16,17,19)/t8-/m0/s1. The minimum atomic E-state index is -1.18. The first-order valence-electron chi connectivity index (χ1n) is 5.85. The predicted molar refractivity (Wildman–Crippen MR) is 68.6 cm³/mol. The van der Waals surface area contributed by atoms with Crippen LogP contribution in [0.4, 0.5) is 9.18 Å². The quantitative estimate of drug-likeness (QED) is 0.814. The number of carbonyl (C=O) groups is 3. The van der Waals surface area contributed by atoms with E-state index in [0.29, 0.717) is 5.56 Å². The Kier molecular flexibility index (Phi) is 5.19. The maximum absolute atomic E-state index is 13.3. The minimum Gasteiger partial charge on any atom is -0.449 e. The van der Waals surface area contributed by atoms with Crippen LogP contribution in [-0.4, -0.2) is 31.1 Å². The van der Waals surface area contributed by atoms with Crippen molar-refractivity contribution in [2.45, 2.75) is 20.0 Å². The summed E-state index contributed by atoms with van der Waals surface area (Å²) < 4.78 is 18.2. The van der Waals surface area contributed by atoms with Crippen LogP contribution in [0, 0.1) is 12.7 Å². The van der Waals surface area contributed by atoms with Gasteiger partial charge >= 0.3 is 12.0 Å². The third kappa shape index (κ3) is 4.04. The van der Waals surface area contributed by atoms with E-state index in [-0.39, 0.29) is 5.56 Å². The van der Waals surface area contributed by atoms with Gasteiger partial charge in [-0.2, -0.15) is 0 Å². The van der Waals surface area contributed by atoms with E-state index in [2.05, 4.69) is 5.32 Å². The van der Waals surface area contributed by atoms with Crippen molar-refractivity contribution in [2.24, 2.45) is 0 Å². The highest BCUT2D eigenvalue weighted by Gasteiger charge is 2.20. The molecule has 0 aliphatic carbocycles. The Morgan fingerprint density at radius 1 is 1.30 bits per heavy atom. The number of rotatable bonds is 3. The van der Waals surface area contributed by atoms with Crippen molar-refractivity contribution < 1.29 is 23.5 Å². The number of esters is 1. The highest BCUT2D eigenvalue weighted by Crippen LogP contribution is 2.11. The molecule has 2 N–H and O–H groups in total. The largest absolute Gasteiger partial charge is 0.449 e. The van der Waals surface area contributed by atoms with Gasteiger partial charge in [0.1, 0.15) is 5.82 Å². The number of hydrogen-bond acceptors (Lipinski definition) is 4. The van der Waals surface area contributed by atoms with Crippen LogP contribution < -0.4 is 10.6 Å². The summed E-state index contributed by atoms with van der Waals surface area (Å²) in [6, 6.07) is 3.14. The van der Waals surface area contributed by atoms with Crippen molar-refractivity contribution in [2.75, 3.05) is 7.05 Å². The van der Waals surface area contributed by atoms with Gasteiger partial charge in [-0.25, -0.2) is 14.0 Å². The molecule has 108 valence electrons. The average molecular weight is 282 g/mol. The normalized spacial score (nSPS) is 11.4. The molecule has 1 rings (SSSR count). The predicted octanol–water partition coefficient (Wildman–Crippen LogP) is 1.14. The van der Waals surface area contributed by atoms with Gasteiger partial charge in [-0.3, -0.25) is 10.1 Å². The van der Waals surface area contributed by atoms with Gasteiger partial charge in [0.2, 0.25) is 0 Å². The molecule has 0 aromatic heterocycles. The molecule has 7 heteroatoms. The van der Waals surface area contributed by atoms with Crippen LogP contribution in [0.3, 0.4) is 0 Å². The molecule has 0 saturated carbocycles. The maximum atomic E-state index is 13.3. The van der Waals surface area contributed by atoms with E-state index in [0.717, 1.165) is 6.07 Å². The number of benzene rings is 1. The number of urea groups is 1. The number of aryl methyl sites for hydroxylation is 1. The lowest BCUT2D eigenvalue weighted by Gasteiger charge is -2.12. The zero-order valence-electron chi connectivity index (χ0n) is 11.3. The second-order valence-electron chi connectivity index (χ2n) is 4.08. The zero-order chi connectivity index (χ0) is 15.3. The summed E-state index contributed by atoms with van der Waals surface area (Å²) in [6.45, 7) is 2.87. The zero-order valence-corrected chi connectivity index (χ0v) is 11.3. The Morgan fingerprint density at radius 2 is 1.95 bits per heavy atom. The van der Waals surface area contributed by atoms with Gasteiger partial charge in [-0.15, -0.1) is 0 Å². The van der Waals surface area contributed by atoms with Crippen LogP contribution in [0.1, 0.15) is 22.8 Å². The first kappa shape index (κ1) is 15.6. The molecule has 0 spiro atoms. The molecule has 0 aliphatic rings. The van der Waals surface area contributed by atoms with Gasteiger partial charge in [0.05, 0.1) is 5.56 Å². The Balaban J connectivity index is 2.67. The van der Waals surface area contributed by atoms with E-state index in [1.165, 1.54) is 26.1 Å². The third-order valence-electron chi connectivity index (χ3n) is 2.52. The van der Waals surface area contributed by atoms with Crippen molar-refractivity contribution in [3.05, 3.63) is 35.1 Å². The summed E-state index contributed by atoms with van der Waals surface area (Å²) in [5.41, 5.74) is 0.389. The van der Waals surface area contributed by atoms with Gasteiger partial charge in [0.15, 0.2) is 6.10 Å². The lowest BCUT2D eigenvalue weighted by atomic mass is 10.1. The fourth-order valence-corrected chi connectivity index (χ4v) is 1.28. The van der Waals surface area contributed by atoms with Crippen LogP contribution in [0.15, 0.2) is 18.2 Å². The van der Waals surface area contributed by atoms with E-state index in [1.54, 1.807) is 6.92 Å². The van der Waals surface area contributed by atoms with Crippen LogP contribution in [0.2, 0.25) is 0 Å². The Morgan fingerprint density at radius 3 is 2.50 bits per heavy atom. The Bertz CT molecular complexity index is 545. The molecule has 0 radical (unpaired) electrons. The summed E-state index contributed by atoms with van der Waals surface area (Å²) in [6.07, 6.45) is -1.18. The van der Waals surface area contributed by atoms with Crippen molar-refractivity contribution in [3.8, 4) is 0 Å². The molecule has 0 fully saturated rings. The fraction of sp³-hybridized carbons (Fsp3) is 0.308. The van der Waals surface area contributed by atoms with Gasteiger partial charge in [0.25, 0.3) is 5.91 Å². The maximum Gasteiger partial charge on any atom is 0.339 e. The molecule has 20 heavy (non-hydrogen) atoms. The molecular formula is C13H15FN2O4. The molecule has 0 saturated heterocycles. The summed E-state index contributed by atoms with van der Waals surface area (Å²) >= 11 is 0. The van der Waals surface area contributed by atoms with Crippen molar-refractivity contribution >= 4 is 17.9 Å². The molecule has 1 aromatic rings. The molecule has 6 nitrogen and oxygen atoms in total. The topological polar surface area (TPSA) is 84.5 Å². The van der Waals surface area contributed by atoms with Crippen LogP contribution in [0.25, 0.3) is 0 Å². The number of halogens is 1. The molecule has 0 aliphatic heterocycles. The molecular weight excluding hydrogens is 267 g/mol. The van der Waals surface area contributed by atoms with Crippen molar-refractivity contribution in [1.82, 2.24) is 10.6 Å². The molecule has 1 atom stereocenters. The van der Waals surface area contributed by atoms with Crippen LogP contribution >= 0.6 is 0 Å². The van der Waals surface area contributed by atoms with Crippen LogP contribution in [-0.2, 0) is 9.53 Å². The summed E-state index contributed by atoms with van der Waals surface area (Å²) in [5.74, 6) is -2.16. The molecule has 0 heterocycles. The molecule has 0 bridgehead atoms. The number of imide groups is 1. The van der Waals surface area contributed by atoms with E-state index in [9.17, 15) is 18.8 Å². The SMILES string of the molecule is CNC(=O)NC(=O)[C@H](C)OC(=O)c1ccc(C)c(F)c1. The van der Waals surface area contributed by atoms with E-state index in [1.807, 2.05) is 5.32 Å². The summed E-state index contributed by atoms with van der Waals surface area (Å²) in [4.78, 5) is 34.1. The molecule has 1 aromatic carbocycles.